The molecule has 0 aliphatic heterocycles. The average Bonchev–Trinajstić information content (AvgIpc) is 2.58. The van der Waals surface area contributed by atoms with E-state index in [-0.39, 0.29) is 0 Å². The first-order valence-corrected chi connectivity index (χ1v) is 10.5. The molecule has 0 spiro atoms. The lowest BCUT2D eigenvalue weighted by atomic mass is 10.1. The highest BCUT2D eigenvalue weighted by Crippen LogP contribution is 2.18. The zero-order valence-corrected chi connectivity index (χ0v) is 17.0. The summed E-state index contributed by atoms with van der Waals surface area (Å²) < 4.78 is 1.39. The van der Waals surface area contributed by atoms with Crippen LogP contribution in [0.2, 0.25) is 0 Å². The Balaban J connectivity index is 3.34. The van der Waals surface area contributed by atoms with Crippen LogP contribution in [0.1, 0.15) is 96.8 Å². The molecule has 0 amide bonds. The highest BCUT2D eigenvalue weighted by molar-refractivity contribution is 9.11. The van der Waals surface area contributed by atoms with Crippen molar-refractivity contribution >= 4 is 15.9 Å². The first-order chi connectivity index (χ1) is 11.7. The van der Waals surface area contributed by atoms with Gasteiger partial charge in [0.2, 0.25) is 0 Å². The summed E-state index contributed by atoms with van der Waals surface area (Å²) >= 11 is 3.69. The number of allylic oxidation sites excluding steroid dienone is 2. The summed E-state index contributed by atoms with van der Waals surface area (Å²) in [6, 6.07) is 0. The van der Waals surface area contributed by atoms with E-state index in [0.29, 0.717) is 0 Å². The Morgan fingerprint density at radius 2 is 1.62 bits per heavy atom. The van der Waals surface area contributed by atoms with Gasteiger partial charge in [-0.05, 0) is 54.8 Å². The van der Waals surface area contributed by atoms with Crippen molar-refractivity contribution in [3.05, 3.63) is 10.6 Å². The first kappa shape index (κ1) is 23.3. The van der Waals surface area contributed by atoms with Gasteiger partial charge in [0.05, 0.1) is 0 Å². The van der Waals surface area contributed by atoms with Gasteiger partial charge in [-0.2, -0.15) is 0 Å². The van der Waals surface area contributed by atoms with Crippen molar-refractivity contribution in [3.63, 3.8) is 0 Å². The van der Waals surface area contributed by atoms with E-state index in [2.05, 4.69) is 46.7 Å². The number of hydrogen-bond acceptors (Lipinski definition) is 1. The van der Waals surface area contributed by atoms with Gasteiger partial charge < -0.3 is 5.11 Å². The lowest BCUT2D eigenvalue weighted by Gasteiger charge is -2.04. The third-order valence-corrected chi connectivity index (χ3v) is 4.85. The topological polar surface area (TPSA) is 20.2 Å². The summed E-state index contributed by atoms with van der Waals surface area (Å²) in [5.74, 6) is 7.35. The summed E-state index contributed by atoms with van der Waals surface area (Å²) in [6.45, 7) is 2.25. The van der Waals surface area contributed by atoms with Crippen molar-refractivity contribution in [1.82, 2.24) is 0 Å². The van der Waals surface area contributed by atoms with E-state index < -0.39 is 6.10 Å². The van der Waals surface area contributed by atoms with Crippen LogP contribution in [0, 0.1) is 24.2 Å². The summed E-state index contributed by atoms with van der Waals surface area (Å²) in [6.07, 6.45) is 24.0. The van der Waals surface area contributed by atoms with Crippen LogP contribution in [-0.2, 0) is 0 Å². The molecule has 0 saturated carbocycles. The molecule has 0 saturated heterocycles. The molecular weight excluding hydrogens is 360 g/mol. The van der Waals surface area contributed by atoms with Crippen molar-refractivity contribution in [1.29, 1.82) is 0 Å². The molecule has 0 heterocycles. The molecule has 0 radical (unpaired) electrons. The van der Waals surface area contributed by atoms with Crippen molar-refractivity contribution in [2.24, 2.45) is 0 Å². The van der Waals surface area contributed by atoms with Crippen LogP contribution in [0.25, 0.3) is 0 Å². The van der Waals surface area contributed by atoms with E-state index in [1.54, 1.807) is 0 Å². The third kappa shape index (κ3) is 17.7. The SMILES string of the molecule is C#CC#CC(O)CCCCCCCCCC=C(Br)CCCCCC. The van der Waals surface area contributed by atoms with Crippen molar-refractivity contribution < 1.29 is 5.11 Å². The zero-order valence-electron chi connectivity index (χ0n) is 15.5. The van der Waals surface area contributed by atoms with Crippen molar-refractivity contribution in [2.75, 3.05) is 0 Å². The molecular formula is C22H35BrO. The van der Waals surface area contributed by atoms with E-state index in [1.165, 1.54) is 81.5 Å². The largest absolute Gasteiger partial charge is 0.380 e. The van der Waals surface area contributed by atoms with Crippen molar-refractivity contribution in [3.8, 4) is 24.2 Å². The molecule has 1 unspecified atom stereocenters. The lowest BCUT2D eigenvalue weighted by molar-refractivity contribution is 0.217. The van der Waals surface area contributed by atoms with Gasteiger partial charge in [0.1, 0.15) is 6.10 Å². The van der Waals surface area contributed by atoms with Gasteiger partial charge in [-0.3, -0.25) is 0 Å². The Morgan fingerprint density at radius 1 is 1.00 bits per heavy atom. The highest BCUT2D eigenvalue weighted by atomic mass is 79.9. The lowest BCUT2D eigenvalue weighted by Crippen LogP contribution is -2.01. The fraction of sp³-hybridized carbons (Fsp3) is 0.727. The van der Waals surface area contributed by atoms with E-state index in [1.807, 2.05) is 0 Å². The molecule has 1 N–H and O–H groups in total. The van der Waals surface area contributed by atoms with Gasteiger partial charge in [-0.25, -0.2) is 0 Å². The van der Waals surface area contributed by atoms with Crippen molar-refractivity contribution in [2.45, 2.75) is 103 Å². The Hall–Kier alpha value is -0.700. The molecule has 0 fully saturated rings. The van der Waals surface area contributed by atoms with Crippen LogP contribution < -0.4 is 0 Å². The second-order valence-corrected chi connectivity index (χ2v) is 7.46. The van der Waals surface area contributed by atoms with Crippen LogP contribution in [-0.4, -0.2) is 11.2 Å². The number of aliphatic hydroxyl groups excluding tert-OH is 1. The molecule has 1 nitrogen and oxygen atoms in total. The predicted molar refractivity (Wildman–Crippen MR) is 110 cm³/mol. The zero-order chi connectivity index (χ0) is 17.9. The number of unbranched alkanes of at least 4 members (excludes halogenated alkanes) is 10. The van der Waals surface area contributed by atoms with Crippen LogP contribution in [0.3, 0.4) is 0 Å². The third-order valence-electron chi connectivity index (χ3n) is 4.13. The van der Waals surface area contributed by atoms with E-state index in [4.69, 9.17) is 6.42 Å². The first-order valence-electron chi connectivity index (χ1n) is 9.69. The van der Waals surface area contributed by atoms with Crippen LogP contribution in [0.4, 0.5) is 0 Å². The smallest absolute Gasteiger partial charge is 0.115 e. The Morgan fingerprint density at radius 3 is 2.29 bits per heavy atom. The van der Waals surface area contributed by atoms with Crippen LogP contribution in [0.15, 0.2) is 10.6 Å². The molecule has 0 aliphatic carbocycles. The number of aliphatic hydroxyl groups is 1. The van der Waals surface area contributed by atoms with Gasteiger partial charge in [0, 0.05) is 0 Å². The van der Waals surface area contributed by atoms with Crippen LogP contribution >= 0.6 is 15.9 Å². The molecule has 0 bridgehead atoms. The minimum Gasteiger partial charge on any atom is -0.380 e. The monoisotopic (exact) mass is 394 g/mol. The number of halogens is 1. The van der Waals surface area contributed by atoms with Crippen LogP contribution in [0.5, 0.6) is 0 Å². The van der Waals surface area contributed by atoms with Gasteiger partial charge >= 0.3 is 0 Å². The van der Waals surface area contributed by atoms with Gasteiger partial charge in [0.25, 0.3) is 0 Å². The summed E-state index contributed by atoms with van der Waals surface area (Å²) in [4.78, 5) is 0. The average molecular weight is 395 g/mol. The van der Waals surface area contributed by atoms with Gasteiger partial charge in [-0.1, -0.05) is 86.2 Å². The van der Waals surface area contributed by atoms with E-state index in [0.717, 1.165) is 12.8 Å². The fourth-order valence-corrected chi connectivity index (χ4v) is 3.15. The standard InChI is InChI=1S/C22H35BrO/c1-3-5-7-14-17-21(23)18-15-12-10-8-9-11-13-16-20-22(24)19-6-4-2/h2,18,22,24H,3,5,7-17,20H2,1H3. The molecule has 2 heteroatoms. The highest BCUT2D eigenvalue weighted by Gasteiger charge is 1.99. The maximum Gasteiger partial charge on any atom is 0.115 e. The summed E-state index contributed by atoms with van der Waals surface area (Å²) in [5.41, 5.74) is 0. The number of terminal acetylenes is 1. The predicted octanol–water partition coefficient (Wildman–Crippen LogP) is 6.74. The Bertz CT molecular complexity index is 408. The molecule has 1 atom stereocenters. The van der Waals surface area contributed by atoms with Gasteiger partial charge in [-0.15, -0.1) is 6.42 Å². The Labute approximate surface area is 158 Å². The summed E-state index contributed by atoms with van der Waals surface area (Å²) in [5, 5.41) is 9.53. The quantitative estimate of drug-likeness (QED) is 0.240. The molecule has 0 aromatic heterocycles. The maximum absolute atomic E-state index is 9.53. The minimum absolute atomic E-state index is 0.548. The molecule has 0 aromatic carbocycles. The summed E-state index contributed by atoms with van der Waals surface area (Å²) in [7, 11) is 0. The molecule has 0 aliphatic rings. The second kappa shape index (κ2) is 18.6. The molecule has 136 valence electrons. The fourth-order valence-electron chi connectivity index (χ4n) is 2.64. The molecule has 0 rings (SSSR count). The normalized spacial score (nSPS) is 12.3. The number of hydrogen-bond donors (Lipinski definition) is 1. The maximum atomic E-state index is 9.53. The van der Waals surface area contributed by atoms with Gasteiger partial charge in [0.15, 0.2) is 0 Å². The number of rotatable bonds is 15. The minimum atomic E-state index is -0.548. The second-order valence-electron chi connectivity index (χ2n) is 6.44. The molecule has 24 heavy (non-hydrogen) atoms. The van der Waals surface area contributed by atoms with E-state index in [9.17, 15) is 5.11 Å². The van der Waals surface area contributed by atoms with E-state index >= 15 is 0 Å². The Kier molecular flexibility index (Phi) is 18.1. The molecule has 0 aromatic rings.